The highest BCUT2D eigenvalue weighted by Gasteiger charge is 2.26. The number of benzene rings is 6. The normalized spacial score (nSPS) is 13.3. The van der Waals surface area contributed by atoms with Gasteiger partial charge in [0.1, 0.15) is 0 Å². The molecule has 0 N–H and O–H groups in total. The molecular formula is C36H18N2. The zero-order chi connectivity index (χ0) is 24.3. The molecule has 0 bridgehead atoms. The lowest BCUT2D eigenvalue weighted by atomic mass is 9.99. The van der Waals surface area contributed by atoms with Crippen LogP contribution in [0.2, 0.25) is 0 Å². The molecular weight excluding hydrogens is 460 g/mol. The molecule has 11 rings (SSSR count). The second-order valence-corrected chi connectivity index (χ2v) is 10.9. The molecule has 0 amide bonds. The molecule has 0 fully saturated rings. The predicted octanol–water partition coefficient (Wildman–Crippen LogP) is 9.73. The number of hydrogen-bond acceptors (Lipinski definition) is 0. The molecule has 2 nitrogen and oxygen atoms in total. The molecule has 0 radical (unpaired) electrons. The van der Waals surface area contributed by atoms with Crippen LogP contribution in [0.3, 0.4) is 0 Å². The minimum absolute atomic E-state index is 1.28. The average Bonchev–Trinajstić information content (AvgIpc) is 3.70. The van der Waals surface area contributed by atoms with Crippen LogP contribution in [0.25, 0.3) is 97.7 Å². The summed E-state index contributed by atoms with van der Waals surface area (Å²) in [5.41, 5.74) is 7.91. The molecule has 0 saturated carbocycles. The van der Waals surface area contributed by atoms with E-state index in [9.17, 15) is 0 Å². The summed E-state index contributed by atoms with van der Waals surface area (Å²) in [6.45, 7) is 0. The quantitative estimate of drug-likeness (QED) is 0.205. The fraction of sp³-hybridized carbons (Fsp3) is 0. The molecule has 6 aromatic carbocycles. The molecule has 5 aromatic heterocycles. The molecule has 0 aliphatic rings. The standard InChI is InChI=1S/C36H18N2/c1-2-8-20-19(7-1)22-15-16-27-21-9-3-4-14-29(21)37-30-18-17-28-26-13-6-12-25-24-11-5-10-23(20)33(24)38(34(25)26)36(28)32(30)31(22)35(27)37/h1-18H. The van der Waals surface area contributed by atoms with Crippen LogP contribution in [0.15, 0.2) is 109 Å². The van der Waals surface area contributed by atoms with E-state index >= 15 is 0 Å². The maximum absolute atomic E-state index is 2.60. The molecule has 0 aliphatic carbocycles. The molecule has 172 valence electrons. The van der Waals surface area contributed by atoms with E-state index in [0.717, 1.165) is 0 Å². The first-order valence-electron chi connectivity index (χ1n) is 13.3. The van der Waals surface area contributed by atoms with Crippen molar-refractivity contribution in [1.82, 2.24) is 8.80 Å². The van der Waals surface area contributed by atoms with E-state index in [-0.39, 0.29) is 0 Å². The van der Waals surface area contributed by atoms with Gasteiger partial charge in [-0.1, -0.05) is 97.1 Å². The van der Waals surface area contributed by atoms with Gasteiger partial charge in [-0.25, -0.2) is 0 Å². The number of nitrogens with zero attached hydrogens (tertiary/aromatic N) is 2. The summed E-state index contributed by atoms with van der Waals surface area (Å²) in [6.07, 6.45) is 0. The number of fused-ring (bicyclic) bond motifs is 9. The van der Waals surface area contributed by atoms with Crippen molar-refractivity contribution in [3.63, 3.8) is 0 Å². The number of rotatable bonds is 0. The third kappa shape index (κ3) is 1.72. The molecule has 2 heteroatoms. The van der Waals surface area contributed by atoms with Crippen molar-refractivity contribution in [2.75, 3.05) is 0 Å². The minimum Gasteiger partial charge on any atom is -0.308 e. The summed E-state index contributed by atoms with van der Waals surface area (Å²) in [5, 5.41) is 16.0. The SMILES string of the molecule is c1ccc2c(c1)c1ccc3c4ccccc4n4c5ccc6c7cccc8c9cccc2c9n(c87)c6c5c1c34. The van der Waals surface area contributed by atoms with Gasteiger partial charge in [0.2, 0.25) is 0 Å². The number of para-hydroxylation sites is 3. The van der Waals surface area contributed by atoms with Gasteiger partial charge in [0.05, 0.1) is 33.1 Å². The first-order chi connectivity index (χ1) is 18.9. The van der Waals surface area contributed by atoms with Crippen LogP contribution in [0, 0.1) is 0 Å². The molecule has 11 aromatic rings. The summed E-state index contributed by atoms with van der Waals surface area (Å²) in [4.78, 5) is 0. The molecule has 0 aliphatic heterocycles. The first-order valence-corrected chi connectivity index (χ1v) is 13.3. The van der Waals surface area contributed by atoms with E-state index in [1.54, 1.807) is 0 Å². The Kier molecular flexibility index (Phi) is 2.75. The van der Waals surface area contributed by atoms with Crippen LogP contribution < -0.4 is 0 Å². The highest BCUT2D eigenvalue weighted by molar-refractivity contribution is 6.39. The maximum Gasteiger partial charge on any atom is 0.0642 e. The van der Waals surface area contributed by atoms with E-state index < -0.39 is 0 Å². The fourth-order valence-corrected chi connectivity index (χ4v) is 7.97. The Hall–Kier alpha value is -5.08. The topological polar surface area (TPSA) is 8.82 Å². The molecule has 0 saturated heterocycles. The summed E-state index contributed by atoms with van der Waals surface area (Å²) in [6, 6.07) is 41.0. The Morgan fingerprint density at radius 2 is 0.737 bits per heavy atom. The predicted molar refractivity (Wildman–Crippen MR) is 162 cm³/mol. The Morgan fingerprint density at radius 3 is 1.47 bits per heavy atom. The second-order valence-electron chi connectivity index (χ2n) is 10.9. The fourth-order valence-electron chi connectivity index (χ4n) is 7.97. The van der Waals surface area contributed by atoms with Crippen LogP contribution in [0.4, 0.5) is 0 Å². The van der Waals surface area contributed by atoms with Crippen molar-refractivity contribution >= 4 is 97.7 Å². The van der Waals surface area contributed by atoms with Gasteiger partial charge in [0, 0.05) is 48.5 Å². The summed E-state index contributed by atoms with van der Waals surface area (Å²) >= 11 is 0. The third-order valence-electron chi connectivity index (χ3n) is 9.31. The van der Waals surface area contributed by atoms with Gasteiger partial charge in [-0.2, -0.15) is 0 Å². The van der Waals surface area contributed by atoms with Crippen molar-refractivity contribution in [2.24, 2.45) is 0 Å². The summed E-state index contributed by atoms with van der Waals surface area (Å²) in [7, 11) is 0. The van der Waals surface area contributed by atoms with E-state index in [4.69, 9.17) is 0 Å². The van der Waals surface area contributed by atoms with E-state index in [0.29, 0.717) is 0 Å². The largest absolute Gasteiger partial charge is 0.308 e. The second kappa shape index (κ2) is 5.74. The maximum atomic E-state index is 2.60. The Labute approximate surface area is 215 Å². The van der Waals surface area contributed by atoms with Gasteiger partial charge in [-0.3, -0.25) is 0 Å². The van der Waals surface area contributed by atoms with Gasteiger partial charge < -0.3 is 8.80 Å². The van der Waals surface area contributed by atoms with Gasteiger partial charge in [0.15, 0.2) is 0 Å². The molecule has 0 spiro atoms. The van der Waals surface area contributed by atoms with Gasteiger partial charge in [0.25, 0.3) is 0 Å². The van der Waals surface area contributed by atoms with Crippen LogP contribution >= 0.6 is 0 Å². The monoisotopic (exact) mass is 478 g/mol. The third-order valence-corrected chi connectivity index (χ3v) is 9.31. The van der Waals surface area contributed by atoms with Crippen LogP contribution in [0.1, 0.15) is 0 Å². The van der Waals surface area contributed by atoms with Crippen molar-refractivity contribution in [2.45, 2.75) is 0 Å². The molecule has 0 unspecified atom stereocenters. The Morgan fingerprint density at radius 1 is 0.263 bits per heavy atom. The highest BCUT2D eigenvalue weighted by atomic mass is 14.9. The van der Waals surface area contributed by atoms with Crippen LogP contribution in [-0.2, 0) is 0 Å². The summed E-state index contributed by atoms with van der Waals surface area (Å²) < 4.78 is 5.12. The molecule has 0 atom stereocenters. The minimum atomic E-state index is 1.28. The zero-order valence-corrected chi connectivity index (χ0v) is 20.3. The van der Waals surface area contributed by atoms with Gasteiger partial charge in [-0.15, -0.1) is 0 Å². The molecule has 5 heterocycles. The average molecular weight is 479 g/mol. The van der Waals surface area contributed by atoms with Crippen molar-refractivity contribution < 1.29 is 0 Å². The Bertz CT molecular complexity index is 2770. The van der Waals surface area contributed by atoms with E-state index in [1.165, 1.54) is 97.7 Å². The van der Waals surface area contributed by atoms with E-state index in [2.05, 4.69) is 118 Å². The van der Waals surface area contributed by atoms with Gasteiger partial charge >= 0.3 is 0 Å². The Balaban J connectivity index is 1.69. The number of hydrogen-bond donors (Lipinski definition) is 0. The molecule has 38 heavy (non-hydrogen) atoms. The van der Waals surface area contributed by atoms with Crippen molar-refractivity contribution in [3.8, 4) is 0 Å². The van der Waals surface area contributed by atoms with Crippen LogP contribution in [-0.4, -0.2) is 8.80 Å². The van der Waals surface area contributed by atoms with Gasteiger partial charge in [-0.05, 0) is 28.3 Å². The number of aromatic nitrogens is 2. The zero-order valence-electron chi connectivity index (χ0n) is 20.3. The van der Waals surface area contributed by atoms with Crippen molar-refractivity contribution in [3.05, 3.63) is 109 Å². The van der Waals surface area contributed by atoms with Crippen molar-refractivity contribution in [1.29, 1.82) is 0 Å². The lowest BCUT2D eigenvalue weighted by molar-refractivity contribution is 1.36. The van der Waals surface area contributed by atoms with E-state index in [1.807, 2.05) is 0 Å². The highest BCUT2D eigenvalue weighted by Crippen LogP contribution is 2.49. The first kappa shape index (κ1) is 18.2. The van der Waals surface area contributed by atoms with Crippen LogP contribution in [0.5, 0.6) is 0 Å². The smallest absolute Gasteiger partial charge is 0.0642 e. The lowest BCUT2D eigenvalue weighted by Crippen LogP contribution is -1.84. The summed E-state index contributed by atoms with van der Waals surface area (Å²) in [5.74, 6) is 0. The lowest BCUT2D eigenvalue weighted by Gasteiger charge is -2.03.